The fourth-order valence-electron chi connectivity index (χ4n) is 6.56. The van der Waals surface area contributed by atoms with Crippen molar-refractivity contribution >= 4 is 12.0 Å². The van der Waals surface area contributed by atoms with Gasteiger partial charge in [-0.25, -0.2) is 22.8 Å². The molecule has 228 valence electrons. The zero-order chi connectivity index (χ0) is 30.7. The average Bonchev–Trinajstić information content (AvgIpc) is 3.37. The van der Waals surface area contributed by atoms with Gasteiger partial charge in [0.25, 0.3) is 5.92 Å². The second-order valence-corrected chi connectivity index (χ2v) is 12.7. The van der Waals surface area contributed by atoms with Crippen molar-refractivity contribution in [3.63, 3.8) is 0 Å². The molecule has 3 heterocycles. The van der Waals surface area contributed by atoms with Crippen LogP contribution in [0.5, 0.6) is 5.75 Å². The van der Waals surface area contributed by atoms with E-state index in [4.69, 9.17) is 9.47 Å². The fraction of sp³-hybridized carbons (Fsp3) is 0.562. The van der Waals surface area contributed by atoms with E-state index < -0.39 is 29.4 Å². The third kappa shape index (κ3) is 5.45. The number of likely N-dealkylation sites (tertiary alicyclic amines) is 1. The second kappa shape index (κ2) is 10.8. The molecule has 5 rings (SSSR count). The monoisotopic (exact) mass is 588 g/mol. The number of carboxylic acids is 1. The van der Waals surface area contributed by atoms with Crippen LogP contribution >= 0.6 is 0 Å². The molecule has 1 saturated heterocycles. The van der Waals surface area contributed by atoms with Crippen LogP contribution in [-0.2, 0) is 29.0 Å². The topological polar surface area (TPSA) is 79.3 Å². The molecule has 7 nitrogen and oxygen atoms in total. The van der Waals surface area contributed by atoms with E-state index in [-0.39, 0.29) is 50.8 Å². The van der Waals surface area contributed by atoms with Crippen molar-refractivity contribution in [2.45, 2.75) is 97.9 Å². The van der Waals surface area contributed by atoms with Crippen molar-refractivity contribution in [1.29, 1.82) is 0 Å². The molecule has 0 aliphatic carbocycles. The third-order valence-electron chi connectivity index (χ3n) is 8.72. The van der Waals surface area contributed by atoms with Crippen molar-refractivity contribution in [3.05, 3.63) is 50.8 Å². The Morgan fingerprint density at radius 1 is 1.00 bits per heavy atom. The largest absolute Gasteiger partial charge is 0.490 e. The van der Waals surface area contributed by atoms with Crippen LogP contribution in [0, 0.1) is 26.6 Å². The van der Waals surface area contributed by atoms with Gasteiger partial charge in [0.15, 0.2) is 17.7 Å². The number of carboxylic acid groups (broad SMARTS) is 1. The molecule has 0 spiro atoms. The Morgan fingerprint density at radius 2 is 1.62 bits per heavy atom. The average molecular weight is 589 g/mol. The van der Waals surface area contributed by atoms with Crippen molar-refractivity contribution in [3.8, 4) is 16.9 Å². The molecule has 1 fully saturated rings. The zero-order valence-electron chi connectivity index (χ0n) is 25.1. The highest BCUT2D eigenvalue weighted by atomic mass is 19.3. The van der Waals surface area contributed by atoms with Crippen molar-refractivity contribution < 1.29 is 37.3 Å². The normalized spacial score (nSPS) is 18.8. The van der Waals surface area contributed by atoms with E-state index in [1.54, 1.807) is 25.7 Å². The molecule has 0 saturated carbocycles. The molecule has 0 aromatic heterocycles. The van der Waals surface area contributed by atoms with Crippen LogP contribution in [-0.4, -0.2) is 58.1 Å². The third-order valence-corrected chi connectivity index (χ3v) is 8.72. The van der Waals surface area contributed by atoms with Crippen molar-refractivity contribution in [2.24, 2.45) is 0 Å². The highest BCUT2D eigenvalue weighted by Crippen LogP contribution is 2.47. The summed E-state index contributed by atoms with van der Waals surface area (Å²) in [6.45, 7) is 11.8. The molecule has 2 aromatic carbocycles. The van der Waals surface area contributed by atoms with E-state index in [0.29, 0.717) is 35.3 Å². The van der Waals surface area contributed by atoms with Crippen LogP contribution in [0.1, 0.15) is 85.1 Å². The first-order valence-corrected chi connectivity index (χ1v) is 14.5. The SMILES string of the molecule is Cc1c(-c2c(C)c3c(c(C)c2[C@H](OC(C)(C)C)C(=O)O)CN(C(=O)N2CCC(F)(F)CC2)C3)cc(F)c2c1CCCO2. The van der Waals surface area contributed by atoms with Gasteiger partial charge in [0.2, 0.25) is 0 Å². The molecule has 3 aliphatic heterocycles. The maximum atomic E-state index is 15.5. The summed E-state index contributed by atoms with van der Waals surface area (Å²) < 4.78 is 54.8. The van der Waals surface area contributed by atoms with Crippen molar-refractivity contribution in [1.82, 2.24) is 9.80 Å². The van der Waals surface area contributed by atoms with Crippen LogP contribution in [0.3, 0.4) is 0 Å². The van der Waals surface area contributed by atoms with Gasteiger partial charge in [0, 0.05) is 50.1 Å². The number of ether oxygens (including phenoxy) is 2. The Balaban J connectivity index is 1.67. The summed E-state index contributed by atoms with van der Waals surface area (Å²) >= 11 is 0. The lowest BCUT2D eigenvalue weighted by Crippen LogP contribution is -2.47. The number of hydrogen-bond acceptors (Lipinski definition) is 4. The summed E-state index contributed by atoms with van der Waals surface area (Å²) in [6.07, 6.45) is -0.710. The maximum absolute atomic E-state index is 15.5. The van der Waals surface area contributed by atoms with Crippen LogP contribution in [0.15, 0.2) is 6.07 Å². The van der Waals surface area contributed by atoms with Gasteiger partial charge in [-0.3, -0.25) is 0 Å². The number of hydrogen-bond donors (Lipinski definition) is 1. The number of nitrogens with zero attached hydrogens (tertiary/aromatic N) is 2. The highest BCUT2D eigenvalue weighted by Gasteiger charge is 2.40. The zero-order valence-corrected chi connectivity index (χ0v) is 25.1. The quantitative estimate of drug-likeness (QED) is 0.423. The number of urea groups is 1. The predicted molar refractivity (Wildman–Crippen MR) is 151 cm³/mol. The highest BCUT2D eigenvalue weighted by molar-refractivity contribution is 5.86. The summed E-state index contributed by atoms with van der Waals surface area (Å²) in [5.74, 6) is -4.21. The summed E-state index contributed by atoms with van der Waals surface area (Å²) in [7, 11) is 0. The summed E-state index contributed by atoms with van der Waals surface area (Å²) in [6, 6.07) is 1.09. The standard InChI is InChI=1S/C32H39F3N2O5/c1-17-20-8-7-13-41-27(20)24(33)14-21(17)25-18(2)22-15-37(30(40)36-11-9-32(34,35)10-12-36)16-23(22)19(3)26(25)28(29(38)39)42-31(4,5)6/h14,28H,7-13,15-16H2,1-6H3,(H,38,39)/t28-/m0/s1. The lowest BCUT2D eigenvalue weighted by atomic mass is 9.81. The van der Waals surface area contributed by atoms with Gasteiger partial charge < -0.3 is 24.4 Å². The molecule has 0 unspecified atom stereocenters. The van der Waals surface area contributed by atoms with Crippen LogP contribution in [0.2, 0.25) is 0 Å². The van der Waals surface area contributed by atoms with E-state index in [9.17, 15) is 23.5 Å². The number of fused-ring (bicyclic) bond motifs is 2. The molecule has 10 heteroatoms. The first-order chi connectivity index (χ1) is 19.6. The Morgan fingerprint density at radius 3 is 2.21 bits per heavy atom. The number of carbonyl (C=O) groups excluding carboxylic acids is 1. The van der Waals surface area contributed by atoms with E-state index in [1.165, 1.54) is 11.0 Å². The minimum absolute atomic E-state index is 0.0245. The lowest BCUT2D eigenvalue weighted by molar-refractivity contribution is -0.160. The maximum Gasteiger partial charge on any atom is 0.337 e. The minimum Gasteiger partial charge on any atom is -0.490 e. The van der Waals surface area contributed by atoms with Gasteiger partial charge in [0.05, 0.1) is 12.2 Å². The molecule has 2 aromatic rings. The van der Waals surface area contributed by atoms with E-state index in [0.717, 1.165) is 34.2 Å². The molecule has 1 atom stereocenters. The molecule has 0 bridgehead atoms. The Kier molecular flexibility index (Phi) is 7.75. The summed E-state index contributed by atoms with van der Waals surface area (Å²) in [5.41, 5.74) is 5.44. The van der Waals surface area contributed by atoms with Gasteiger partial charge >= 0.3 is 12.0 Å². The fourth-order valence-corrected chi connectivity index (χ4v) is 6.56. The lowest BCUT2D eigenvalue weighted by Gasteiger charge is -2.34. The Hall–Kier alpha value is -3.27. The van der Waals surface area contributed by atoms with Gasteiger partial charge in [0.1, 0.15) is 0 Å². The number of carbonyl (C=O) groups is 2. The van der Waals surface area contributed by atoms with Gasteiger partial charge in [-0.2, -0.15) is 0 Å². The van der Waals surface area contributed by atoms with E-state index in [1.807, 2.05) is 20.8 Å². The molecule has 2 amide bonds. The summed E-state index contributed by atoms with van der Waals surface area (Å²) in [4.78, 5) is 29.3. The van der Waals surface area contributed by atoms with Crippen LogP contribution < -0.4 is 4.74 Å². The molecular weight excluding hydrogens is 549 g/mol. The minimum atomic E-state index is -2.77. The van der Waals surface area contributed by atoms with E-state index in [2.05, 4.69) is 0 Å². The molecule has 3 aliphatic rings. The number of rotatable bonds is 4. The summed E-state index contributed by atoms with van der Waals surface area (Å²) in [5, 5.41) is 10.4. The number of amides is 2. The number of halogens is 3. The van der Waals surface area contributed by atoms with Gasteiger partial charge in [-0.15, -0.1) is 0 Å². The smallest absolute Gasteiger partial charge is 0.337 e. The number of piperidine rings is 1. The Labute approximate surface area is 244 Å². The number of alkyl halides is 2. The van der Waals surface area contributed by atoms with Gasteiger partial charge in [-0.1, -0.05) is 0 Å². The van der Waals surface area contributed by atoms with Gasteiger partial charge in [-0.05, 0) is 99.4 Å². The van der Waals surface area contributed by atoms with Crippen LogP contribution in [0.4, 0.5) is 18.0 Å². The first kappa shape index (κ1) is 30.2. The molecular formula is C32H39F3N2O5. The first-order valence-electron chi connectivity index (χ1n) is 14.5. The van der Waals surface area contributed by atoms with Crippen LogP contribution in [0.25, 0.3) is 11.1 Å². The number of benzene rings is 2. The molecule has 42 heavy (non-hydrogen) atoms. The predicted octanol–water partition coefficient (Wildman–Crippen LogP) is 6.85. The second-order valence-electron chi connectivity index (χ2n) is 12.7. The van der Waals surface area contributed by atoms with Crippen molar-refractivity contribution in [2.75, 3.05) is 19.7 Å². The van der Waals surface area contributed by atoms with E-state index >= 15 is 4.39 Å². The molecule has 1 N–H and O–H groups in total. The number of aliphatic carboxylic acids is 1. The Bertz CT molecular complexity index is 1440. The molecule has 0 radical (unpaired) electrons.